The van der Waals surface area contributed by atoms with E-state index in [-0.39, 0.29) is 5.69 Å². The second-order valence-electron chi connectivity index (χ2n) is 6.74. The predicted octanol–water partition coefficient (Wildman–Crippen LogP) is 4.01. The molecule has 0 bridgehead atoms. The fourth-order valence-corrected chi connectivity index (χ4v) is 3.35. The molecule has 1 unspecified atom stereocenters. The molecular weight excluding hydrogens is 366 g/mol. The number of carbonyl (C=O) groups is 2. The molecule has 1 aromatic heterocycles. The van der Waals surface area contributed by atoms with E-state index < -0.39 is 11.9 Å². The zero-order valence-corrected chi connectivity index (χ0v) is 16.1. The van der Waals surface area contributed by atoms with E-state index in [0.717, 1.165) is 18.8 Å². The van der Waals surface area contributed by atoms with Gasteiger partial charge in [-0.3, -0.25) is 4.79 Å². The number of esters is 1. The number of pyridine rings is 1. The SMILES string of the molecule is COC(=O)c1ccc(Cl)c(NC(=O)c2ccc(N3CCCC(C)C3)cn2)c1. The number of piperidine rings is 1. The Hall–Kier alpha value is -2.60. The maximum Gasteiger partial charge on any atom is 0.337 e. The lowest BCUT2D eigenvalue weighted by Gasteiger charge is -2.32. The Balaban J connectivity index is 1.72. The lowest BCUT2D eigenvalue weighted by atomic mass is 10.00. The largest absolute Gasteiger partial charge is 0.465 e. The number of methoxy groups -OCH3 is 1. The summed E-state index contributed by atoms with van der Waals surface area (Å²) in [5, 5.41) is 3.03. The molecule has 1 aromatic carbocycles. The van der Waals surface area contributed by atoms with Gasteiger partial charge in [-0.25, -0.2) is 9.78 Å². The molecule has 142 valence electrons. The van der Waals surface area contributed by atoms with Crippen LogP contribution in [0.3, 0.4) is 0 Å². The summed E-state index contributed by atoms with van der Waals surface area (Å²) in [5.41, 5.74) is 1.94. The molecule has 6 nitrogen and oxygen atoms in total. The number of benzene rings is 1. The predicted molar refractivity (Wildman–Crippen MR) is 106 cm³/mol. The molecule has 2 heterocycles. The molecule has 2 aromatic rings. The fraction of sp³-hybridized carbons (Fsp3) is 0.350. The standard InChI is InChI=1S/C20H22ClN3O3/c1-13-4-3-9-24(12-13)15-6-8-17(22-11-15)19(25)23-18-10-14(20(26)27-2)5-7-16(18)21/h5-8,10-11,13H,3-4,9,12H2,1-2H3,(H,23,25). The normalized spacial score (nSPS) is 16.7. The average molecular weight is 388 g/mol. The molecule has 0 saturated carbocycles. The van der Waals surface area contributed by atoms with Crippen molar-refractivity contribution in [3.63, 3.8) is 0 Å². The van der Waals surface area contributed by atoms with Crippen molar-refractivity contribution in [2.75, 3.05) is 30.4 Å². The van der Waals surface area contributed by atoms with Gasteiger partial charge in [0.05, 0.1) is 35.3 Å². The monoisotopic (exact) mass is 387 g/mol. The van der Waals surface area contributed by atoms with Crippen molar-refractivity contribution < 1.29 is 14.3 Å². The van der Waals surface area contributed by atoms with E-state index in [4.69, 9.17) is 11.6 Å². The van der Waals surface area contributed by atoms with Gasteiger partial charge in [-0.2, -0.15) is 0 Å². The van der Waals surface area contributed by atoms with Crippen LogP contribution in [0.5, 0.6) is 0 Å². The number of ether oxygens (including phenoxy) is 1. The van der Waals surface area contributed by atoms with Gasteiger partial charge in [-0.05, 0) is 49.1 Å². The fourth-order valence-electron chi connectivity index (χ4n) is 3.18. The molecule has 1 fully saturated rings. The third kappa shape index (κ3) is 4.57. The number of halogens is 1. The van der Waals surface area contributed by atoms with Gasteiger partial charge >= 0.3 is 5.97 Å². The Morgan fingerprint density at radius 1 is 1.30 bits per heavy atom. The number of nitrogens with zero attached hydrogens (tertiary/aromatic N) is 2. The molecule has 1 saturated heterocycles. The van der Waals surface area contributed by atoms with Crippen molar-refractivity contribution >= 4 is 34.9 Å². The molecule has 3 rings (SSSR count). The summed E-state index contributed by atoms with van der Waals surface area (Å²) in [5.74, 6) is -0.233. The van der Waals surface area contributed by atoms with Crippen LogP contribution in [0.25, 0.3) is 0 Å². The maximum absolute atomic E-state index is 12.5. The van der Waals surface area contributed by atoms with Gasteiger partial charge in [-0.15, -0.1) is 0 Å². The number of nitrogens with one attached hydrogen (secondary N) is 1. The highest BCUT2D eigenvalue weighted by atomic mass is 35.5. The molecule has 1 aliphatic rings. The molecule has 1 N–H and O–H groups in total. The maximum atomic E-state index is 12.5. The second kappa shape index (κ2) is 8.39. The third-order valence-electron chi connectivity index (χ3n) is 4.64. The van der Waals surface area contributed by atoms with E-state index in [1.165, 1.54) is 38.2 Å². The van der Waals surface area contributed by atoms with Crippen molar-refractivity contribution in [2.24, 2.45) is 5.92 Å². The van der Waals surface area contributed by atoms with Gasteiger partial charge < -0.3 is 15.0 Å². The van der Waals surface area contributed by atoms with Gasteiger partial charge in [0.25, 0.3) is 5.91 Å². The zero-order chi connectivity index (χ0) is 19.4. The van der Waals surface area contributed by atoms with Crippen molar-refractivity contribution in [2.45, 2.75) is 19.8 Å². The van der Waals surface area contributed by atoms with Gasteiger partial charge in [-0.1, -0.05) is 18.5 Å². The molecule has 7 heteroatoms. The number of anilines is 2. The molecule has 0 aliphatic carbocycles. The van der Waals surface area contributed by atoms with Crippen LogP contribution in [-0.4, -0.2) is 37.1 Å². The van der Waals surface area contributed by atoms with Crippen LogP contribution < -0.4 is 10.2 Å². The number of carbonyl (C=O) groups excluding carboxylic acids is 2. The second-order valence-corrected chi connectivity index (χ2v) is 7.14. The minimum Gasteiger partial charge on any atom is -0.465 e. The van der Waals surface area contributed by atoms with Crippen molar-refractivity contribution in [3.8, 4) is 0 Å². The van der Waals surface area contributed by atoms with Crippen molar-refractivity contribution in [1.82, 2.24) is 4.98 Å². The summed E-state index contributed by atoms with van der Waals surface area (Å²) in [4.78, 5) is 30.7. The molecule has 1 atom stereocenters. The summed E-state index contributed by atoms with van der Waals surface area (Å²) >= 11 is 6.12. The van der Waals surface area contributed by atoms with E-state index in [9.17, 15) is 9.59 Å². The first-order valence-corrected chi connectivity index (χ1v) is 9.26. The van der Waals surface area contributed by atoms with E-state index in [1.807, 2.05) is 6.07 Å². The number of hydrogen-bond acceptors (Lipinski definition) is 5. The topological polar surface area (TPSA) is 71.5 Å². The van der Waals surface area contributed by atoms with Crippen LogP contribution in [0.4, 0.5) is 11.4 Å². The Kier molecular flexibility index (Phi) is 5.96. The zero-order valence-electron chi connectivity index (χ0n) is 15.4. The Bertz CT molecular complexity index is 839. The van der Waals surface area contributed by atoms with Crippen molar-refractivity contribution in [1.29, 1.82) is 0 Å². The van der Waals surface area contributed by atoms with Crippen LogP contribution >= 0.6 is 11.6 Å². The molecule has 27 heavy (non-hydrogen) atoms. The lowest BCUT2D eigenvalue weighted by Crippen LogP contribution is -2.34. The molecule has 1 amide bonds. The van der Waals surface area contributed by atoms with Crippen molar-refractivity contribution in [3.05, 3.63) is 52.8 Å². The van der Waals surface area contributed by atoms with E-state index >= 15 is 0 Å². The lowest BCUT2D eigenvalue weighted by molar-refractivity contribution is 0.0600. The number of hydrogen-bond donors (Lipinski definition) is 1. The quantitative estimate of drug-likeness (QED) is 0.802. The Labute approximate surface area is 163 Å². The highest BCUT2D eigenvalue weighted by molar-refractivity contribution is 6.34. The number of rotatable bonds is 4. The molecular formula is C20H22ClN3O3. The summed E-state index contributed by atoms with van der Waals surface area (Å²) in [6.45, 7) is 4.25. The van der Waals surface area contributed by atoms with Crippen LogP contribution in [0.15, 0.2) is 36.5 Å². The van der Waals surface area contributed by atoms with Gasteiger partial charge in [0, 0.05) is 13.1 Å². The van der Waals surface area contributed by atoms with Gasteiger partial charge in [0.15, 0.2) is 0 Å². The van der Waals surface area contributed by atoms with Gasteiger partial charge in [0.2, 0.25) is 0 Å². The summed E-state index contributed by atoms with van der Waals surface area (Å²) in [6, 6.07) is 8.16. The highest BCUT2D eigenvalue weighted by Gasteiger charge is 2.18. The molecule has 0 spiro atoms. The van der Waals surface area contributed by atoms with E-state index in [1.54, 1.807) is 12.3 Å². The first kappa shape index (κ1) is 19.2. The van der Waals surface area contributed by atoms with E-state index in [0.29, 0.717) is 22.2 Å². The highest BCUT2D eigenvalue weighted by Crippen LogP contribution is 2.25. The Morgan fingerprint density at radius 2 is 2.11 bits per heavy atom. The average Bonchev–Trinajstić information content (AvgIpc) is 2.69. The first-order valence-electron chi connectivity index (χ1n) is 8.88. The van der Waals surface area contributed by atoms with E-state index in [2.05, 4.69) is 26.9 Å². The van der Waals surface area contributed by atoms with Gasteiger partial charge in [0.1, 0.15) is 5.69 Å². The smallest absolute Gasteiger partial charge is 0.337 e. The number of amides is 1. The summed E-state index contributed by atoms with van der Waals surface area (Å²) in [6.07, 6.45) is 4.13. The first-order chi connectivity index (χ1) is 13.0. The number of aromatic nitrogens is 1. The van der Waals surface area contributed by atoms with Crippen LogP contribution in [-0.2, 0) is 4.74 Å². The molecule has 1 aliphatic heterocycles. The minimum absolute atomic E-state index is 0.281. The van der Waals surface area contributed by atoms with Crippen LogP contribution in [0.1, 0.15) is 40.6 Å². The summed E-state index contributed by atoms with van der Waals surface area (Å²) in [7, 11) is 1.30. The minimum atomic E-state index is -0.500. The van der Waals surface area contributed by atoms with Crippen LogP contribution in [0.2, 0.25) is 5.02 Å². The Morgan fingerprint density at radius 3 is 2.78 bits per heavy atom. The summed E-state index contributed by atoms with van der Waals surface area (Å²) < 4.78 is 4.69. The molecule has 0 radical (unpaired) electrons. The van der Waals surface area contributed by atoms with Crippen LogP contribution in [0, 0.1) is 5.92 Å². The third-order valence-corrected chi connectivity index (χ3v) is 4.97.